The average Bonchev–Trinajstić information content (AvgIpc) is 3.13. The van der Waals surface area contributed by atoms with Crippen LogP contribution >= 0.6 is 0 Å². The van der Waals surface area contributed by atoms with Crippen molar-refractivity contribution in [3.8, 4) is 0 Å². The van der Waals surface area contributed by atoms with Gasteiger partial charge >= 0.3 is 6.03 Å². The number of anilines is 1. The zero-order valence-electron chi connectivity index (χ0n) is 17.8. The highest BCUT2D eigenvalue weighted by molar-refractivity contribution is 5.74. The molecule has 7 heteroatoms. The molecule has 0 radical (unpaired) electrons. The molecule has 0 aromatic heterocycles. The number of amides is 2. The van der Waals surface area contributed by atoms with Crippen molar-refractivity contribution in [1.29, 1.82) is 0 Å². The number of hydrogen-bond donors (Lipinski definition) is 1. The van der Waals surface area contributed by atoms with Crippen LogP contribution in [0.1, 0.15) is 18.4 Å². The molecule has 0 saturated carbocycles. The summed E-state index contributed by atoms with van der Waals surface area (Å²) in [4.78, 5) is 19.1. The average molecular weight is 429 g/mol. The highest BCUT2D eigenvalue weighted by Gasteiger charge is 2.25. The third-order valence-electron chi connectivity index (χ3n) is 6.22. The van der Waals surface area contributed by atoms with Crippen molar-refractivity contribution in [3.63, 3.8) is 0 Å². The lowest BCUT2D eigenvalue weighted by Gasteiger charge is -2.23. The molecule has 166 valence electrons. The first-order valence-electron chi connectivity index (χ1n) is 11.1. The fourth-order valence-electron chi connectivity index (χ4n) is 4.43. The molecule has 4 rings (SSSR count). The molecule has 0 aliphatic carbocycles. The third-order valence-corrected chi connectivity index (χ3v) is 6.22. The van der Waals surface area contributed by atoms with Crippen molar-refractivity contribution in [2.45, 2.75) is 19.4 Å². The molecule has 2 aromatic rings. The Balaban J connectivity index is 1.21. The zero-order valence-corrected chi connectivity index (χ0v) is 17.8. The van der Waals surface area contributed by atoms with Gasteiger partial charge < -0.3 is 15.1 Å². The largest absolute Gasteiger partial charge is 0.371 e. The smallest absolute Gasteiger partial charge is 0.317 e. The van der Waals surface area contributed by atoms with Gasteiger partial charge in [-0.05, 0) is 36.5 Å². The van der Waals surface area contributed by atoms with Gasteiger partial charge in [-0.15, -0.1) is 0 Å². The van der Waals surface area contributed by atoms with Crippen molar-refractivity contribution in [2.75, 3.05) is 50.7 Å². The van der Waals surface area contributed by atoms with Crippen LogP contribution in [0.4, 0.5) is 19.3 Å². The van der Waals surface area contributed by atoms with E-state index in [-0.39, 0.29) is 6.03 Å². The van der Waals surface area contributed by atoms with Crippen LogP contribution in [0, 0.1) is 17.6 Å². The van der Waals surface area contributed by atoms with Crippen molar-refractivity contribution in [1.82, 2.24) is 15.1 Å². The van der Waals surface area contributed by atoms with E-state index < -0.39 is 11.6 Å². The number of carbonyl (C=O) groups is 1. The molecule has 1 atom stereocenters. The lowest BCUT2D eigenvalue weighted by Crippen LogP contribution is -2.43. The molecule has 1 N–H and O–H groups in total. The van der Waals surface area contributed by atoms with Crippen LogP contribution < -0.4 is 10.2 Å². The Kier molecular flexibility index (Phi) is 7.02. The van der Waals surface area contributed by atoms with E-state index in [2.05, 4.69) is 34.5 Å². The van der Waals surface area contributed by atoms with E-state index in [0.717, 1.165) is 58.7 Å². The SMILES string of the molecule is O=C(NCC1CCN(c2ccc(F)c(F)c2)C1)N1CCCN(Cc2ccccc2)CC1. The fraction of sp³-hybridized carbons (Fsp3) is 0.458. The highest BCUT2D eigenvalue weighted by atomic mass is 19.2. The molecule has 5 nitrogen and oxygen atoms in total. The second kappa shape index (κ2) is 10.1. The number of nitrogens with one attached hydrogen (secondary N) is 1. The number of urea groups is 1. The molecule has 2 aromatic carbocycles. The highest BCUT2D eigenvalue weighted by Crippen LogP contribution is 2.25. The van der Waals surface area contributed by atoms with E-state index >= 15 is 0 Å². The quantitative estimate of drug-likeness (QED) is 0.789. The van der Waals surface area contributed by atoms with Crippen LogP contribution in [0.5, 0.6) is 0 Å². The van der Waals surface area contributed by atoms with E-state index in [1.165, 1.54) is 17.7 Å². The summed E-state index contributed by atoms with van der Waals surface area (Å²) < 4.78 is 26.7. The first-order chi connectivity index (χ1) is 15.1. The minimum atomic E-state index is -0.827. The van der Waals surface area contributed by atoms with Gasteiger partial charge in [-0.1, -0.05) is 30.3 Å². The summed E-state index contributed by atoms with van der Waals surface area (Å²) in [6.07, 6.45) is 1.89. The first kappa shape index (κ1) is 21.6. The molecule has 2 aliphatic heterocycles. The van der Waals surface area contributed by atoms with Crippen LogP contribution in [-0.2, 0) is 6.54 Å². The van der Waals surface area contributed by atoms with Crippen molar-refractivity contribution < 1.29 is 13.6 Å². The molecule has 2 heterocycles. The summed E-state index contributed by atoms with van der Waals surface area (Å²) in [6.45, 7) is 6.38. The van der Waals surface area contributed by atoms with Gasteiger partial charge in [-0.3, -0.25) is 4.90 Å². The molecule has 2 amide bonds. The van der Waals surface area contributed by atoms with Gasteiger partial charge in [0, 0.05) is 64.1 Å². The van der Waals surface area contributed by atoms with Gasteiger partial charge in [0.15, 0.2) is 11.6 Å². The maximum absolute atomic E-state index is 13.5. The predicted molar refractivity (Wildman–Crippen MR) is 118 cm³/mol. The molecular formula is C24H30F2N4O. The van der Waals surface area contributed by atoms with Gasteiger partial charge in [0.1, 0.15) is 0 Å². The number of carbonyl (C=O) groups excluding carboxylic acids is 1. The second-order valence-corrected chi connectivity index (χ2v) is 8.49. The van der Waals surface area contributed by atoms with Crippen LogP contribution in [0.3, 0.4) is 0 Å². The topological polar surface area (TPSA) is 38.8 Å². The molecule has 0 spiro atoms. The summed E-state index contributed by atoms with van der Waals surface area (Å²) in [5.41, 5.74) is 1.99. The van der Waals surface area contributed by atoms with Crippen LogP contribution in [-0.4, -0.2) is 61.6 Å². The predicted octanol–water partition coefficient (Wildman–Crippen LogP) is 3.71. The number of rotatable bonds is 5. The maximum atomic E-state index is 13.5. The number of benzene rings is 2. The Morgan fingerprint density at radius 2 is 1.81 bits per heavy atom. The van der Waals surface area contributed by atoms with Gasteiger partial charge in [0.25, 0.3) is 0 Å². The minimum absolute atomic E-state index is 0.00663. The molecular weight excluding hydrogens is 398 g/mol. The number of nitrogens with zero attached hydrogens (tertiary/aromatic N) is 3. The van der Waals surface area contributed by atoms with Crippen LogP contribution in [0.15, 0.2) is 48.5 Å². The van der Waals surface area contributed by atoms with Crippen molar-refractivity contribution in [3.05, 3.63) is 65.7 Å². The van der Waals surface area contributed by atoms with Crippen molar-refractivity contribution >= 4 is 11.7 Å². The minimum Gasteiger partial charge on any atom is -0.371 e. The third kappa shape index (κ3) is 5.73. The van der Waals surface area contributed by atoms with E-state index in [0.29, 0.717) is 18.2 Å². The standard InChI is InChI=1S/C24H30F2N4O/c25-22-8-7-21(15-23(22)26)30-12-9-20(18-30)16-27-24(31)29-11-4-10-28(13-14-29)17-19-5-2-1-3-6-19/h1-3,5-8,15,20H,4,9-14,16-18H2,(H,27,31). The van der Waals surface area contributed by atoms with Gasteiger partial charge in [0.2, 0.25) is 0 Å². The molecule has 2 saturated heterocycles. The van der Waals surface area contributed by atoms with Gasteiger partial charge in [-0.25, -0.2) is 13.6 Å². The Morgan fingerprint density at radius 1 is 0.968 bits per heavy atom. The van der Waals surface area contributed by atoms with E-state index in [4.69, 9.17) is 0 Å². The van der Waals surface area contributed by atoms with Crippen molar-refractivity contribution in [2.24, 2.45) is 5.92 Å². The van der Waals surface area contributed by atoms with Crippen LogP contribution in [0.25, 0.3) is 0 Å². The van der Waals surface area contributed by atoms with E-state index in [1.807, 2.05) is 15.9 Å². The maximum Gasteiger partial charge on any atom is 0.317 e. The summed E-state index contributed by atoms with van der Waals surface area (Å²) in [5.74, 6) is -1.35. The lowest BCUT2D eigenvalue weighted by atomic mass is 10.1. The molecule has 0 bridgehead atoms. The monoisotopic (exact) mass is 428 g/mol. The Morgan fingerprint density at radius 3 is 2.61 bits per heavy atom. The summed E-state index contributed by atoms with van der Waals surface area (Å²) >= 11 is 0. The first-order valence-corrected chi connectivity index (χ1v) is 11.1. The van der Waals surface area contributed by atoms with Crippen LogP contribution in [0.2, 0.25) is 0 Å². The summed E-state index contributed by atoms with van der Waals surface area (Å²) in [6, 6.07) is 14.4. The fourth-order valence-corrected chi connectivity index (χ4v) is 4.43. The zero-order chi connectivity index (χ0) is 21.6. The molecule has 2 aliphatic rings. The number of hydrogen-bond acceptors (Lipinski definition) is 3. The molecule has 1 unspecified atom stereocenters. The van der Waals surface area contributed by atoms with Gasteiger partial charge in [0.05, 0.1) is 0 Å². The Bertz CT molecular complexity index is 879. The van der Waals surface area contributed by atoms with E-state index in [9.17, 15) is 13.6 Å². The molecule has 31 heavy (non-hydrogen) atoms. The summed E-state index contributed by atoms with van der Waals surface area (Å²) in [7, 11) is 0. The second-order valence-electron chi connectivity index (χ2n) is 8.49. The van der Waals surface area contributed by atoms with Gasteiger partial charge in [-0.2, -0.15) is 0 Å². The normalized spacial score (nSPS) is 20.0. The summed E-state index contributed by atoms with van der Waals surface area (Å²) in [5, 5.41) is 3.09. The van der Waals surface area contributed by atoms with E-state index in [1.54, 1.807) is 6.07 Å². The Labute approximate surface area is 182 Å². The number of halogens is 2. The molecule has 2 fully saturated rings. The lowest BCUT2D eigenvalue weighted by molar-refractivity contribution is 0.196. The Hall–Kier alpha value is -2.67.